The van der Waals surface area contributed by atoms with Crippen molar-refractivity contribution in [3.8, 4) is 11.5 Å². The highest BCUT2D eigenvalue weighted by Gasteiger charge is 2.19. The third-order valence-electron chi connectivity index (χ3n) is 6.59. The van der Waals surface area contributed by atoms with Gasteiger partial charge in [0.1, 0.15) is 24.2 Å². The van der Waals surface area contributed by atoms with E-state index in [0.29, 0.717) is 5.75 Å². The third kappa shape index (κ3) is 8.82. The van der Waals surface area contributed by atoms with Gasteiger partial charge in [-0.3, -0.25) is 4.90 Å². The first-order chi connectivity index (χ1) is 16.5. The molecule has 3 N–H and O–H groups in total. The summed E-state index contributed by atoms with van der Waals surface area (Å²) in [6, 6.07) is 18.0. The van der Waals surface area contributed by atoms with Crippen LogP contribution in [0.25, 0.3) is 0 Å². The second kappa shape index (κ2) is 14.2. The SMILES string of the molecule is CC(C)C(N)C(O)COc1ccc(OCCCCCCN2CCN(c3ccccc3)CC2)cc1. The highest BCUT2D eigenvalue weighted by atomic mass is 16.5. The Morgan fingerprint density at radius 1 is 0.824 bits per heavy atom. The van der Waals surface area contributed by atoms with E-state index >= 15 is 0 Å². The zero-order chi connectivity index (χ0) is 24.2. The largest absolute Gasteiger partial charge is 0.494 e. The predicted molar refractivity (Wildman–Crippen MR) is 140 cm³/mol. The van der Waals surface area contributed by atoms with Gasteiger partial charge in [0.15, 0.2) is 0 Å². The van der Waals surface area contributed by atoms with E-state index in [1.165, 1.54) is 31.5 Å². The highest BCUT2D eigenvalue weighted by molar-refractivity contribution is 5.46. The monoisotopic (exact) mass is 469 g/mol. The molecule has 2 aromatic carbocycles. The molecule has 188 valence electrons. The summed E-state index contributed by atoms with van der Waals surface area (Å²) in [7, 11) is 0. The molecular weight excluding hydrogens is 426 g/mol. The number of anilines is 1. The van der Waals surface area contributed by atoms with Gasteiger partial charge in [0.25, 0.3) is 0 Å². The second-order valence-electron chi connectivity index (χ2n) is 9.60. The number of piperazine rings is 1. The van der Waals surface area contributed by atoms with Crippen LogP contribution < -0.4 is 20.1 Å². The summed E-state index contributed by atoms with van der Waals surface area (Å²) < 4.78 is 11.5. The molecule has 2 atom stereocenters. The number of ether oxygens (including phenoxy) is 2. The van der Waals surface area contributed by atoms with Crippen LogP contribution in [0, 0.1) is 5.92 Å². The Balaban J connectivity index is 1.20. The quantitative estimate of drug-likeness (QED) is 0.405. The van der Waals surface area contributed by atoms with Crippen molar-refractivity contribution in [1.82, 2.24) is 4.90 Å². The van der Waals surface area contributed by atoms with E-state index in [2.05, 4.69) is 40.1 Å². The smallest absolute Gasteiger partial charge is 0.119 e. The zero-order valence-corrected chi connectivity index (χ0v) is 20.9. The van der Waals surface area contributed by atoms with E-state index in [-0.39, 0.29) is 18.6 Å². The Bertz CT molecular complexity index is 792. The summed E-state index contributed by atoms with van der Waals surface area (Å²) in [5.74, 6) is 1.78. The lowest BCUT2D eigenvalue weighted by Crippen LogP contribution is -2.46. The molecule has 0 aliphatic carbocycles. The van der Waals surface area contributed by atoms with Gasteiger partial charge in [0.2, 0.25) is 0 Å². The van der Waals surface area contributed by atoms with E-state index < -0.39 is 6.10 Å². The maximum atomic E-state index is 10.1. The van der Waals surface area contributed by atoms with Crippen LogP contribution in [0.1, 0.15) is 39.5 Å². The first kappa shape index (κ1) is 26.3. The first-order valence-corrected chi connectivity index (χ1v) is 12.8. The standard InChI is InChI=1S/C28H43N3O3/c1-23(2)28(29)27(32)22-34-26-14-12-25(13-15-26)33-21-9-4-3-8-16-30-17-19-31(20-18-30)24-10-6-5-7-11-24/h5-7,10-15,23,27-28,32H,3-4,8-9,16-22,29H2,1-2H3. The van der Waals surface area contributed by atoms with Crippen molar-refractivity contribution in [3.63, 3.8) is 0 Å². The molecule has 1 saturated heterocycles. The molecule has 6 heteroatoms. The third-order valence-corrected chi connectivity index (χ3v) is 6.59. The van der Waals surface area contributed by atoms with Crippen LogP contribution in [-0.2, 0) is 0 Å². The lowest BCUT2D eigenvalue weighted by Gasteiger charge is -2.36. The van der Waals surface area contributed by atoms with Crippen molar-refractivity contribution in [2.45, 2.75) is 51.7 Å². The van der Waals surface area contributed by atoms with Crippen LogP contribution in [0.2, 0.25) is 0 Å². The fourth-order valence-corrected chi connectivity index (χ4v) is 4.22. The molecule has 0 aromatic heterocycles. The van der Waals surface area contributed by atoms with E-state index in [1.54, 1.807) is 0 Å². The molecule has 0 spiro atoms. The average molecular weight is 470 g/mol. The lowest BCUT2D eigenvalue weighted by atomic mass is 10.0. The van der Waals surface area contributed by atoms with Crippen molar-refractivity contribution in [1.29, 1.82) is 0 Å². The van der Waals surface area contributed by atoms with Crippen molar-refractivity contribution in [2.24, 2.45) is 11.7 Å². The Labute approximate surface area is 205 Å². The number of hydrogen-bond donors (Lipinski definition) is 2. The first-order valence-electron chi connectivity index (χ1n) is 12.8. The van der Waals surface area contributed by atoms with E-state index in [1.807, 2.05) is 38.1 Å². The molecule has 1 aliphatic heterocycles. The molecule has 34 heavy (non-hydrogen) atoms. The number of unbranched alkanes of at least 4 members (excludes halogenated alkanes) is 3. The lowest BCUT2D eigenvalue weighted by molar-refractivity contribution is 0.0715. The summed E-state index contributed by atoms with van der Waals surface area (Å²) in [4.78, 5) is 5.08. The number of rotatable bonds is 14. The molecule has 1 aliphatic rings. The minimum absolute atomic E-state index is 0.197. The van der Waals surface area contributed by atoms with Gasteiger partial charge < -0.3 is 25.2 Å². The van der Waals surface area contributed by atoms with E-state index in [9.17, 15) is 5.11 Å². The number of para-hydroxylation sites is 1. The van der Waals surface area contributed by atoms with Crippen LogP contribution >= 0.6 is 0 Å². The number of benzene rings is 2. The summed E-state index contributed by atoms with van der Waals surface area (Å²) in [5, 5.41) is 10.1. The van der Waals surface area contributed by atoms with Crippen LogP contribution in [0.15, 0.2) is 54.6 Å². The molecule has 3 rings (SSSR count). The van der Waals surface area contributed by atoms with Crippen molar-refractivity contribution < 1.29 is 14.6 Å². The van der Waals surface area contributed by atoms with Gasteiger partial charge in [0.05, 0.1) is 6.61 Å². The normalized spacial score (nSPS) is 16.4. The number of nitrogens with two attached hydrogens (primary N) is 1. The zero-order valence-electron chi connectivity index (χ0n) is 20.9. The number of aliphatic hydroxyl groups excluding tert-OH is 1. The van der Waals surface area contributed by atoms with Crippen molar-refractivity contribution >= 4 is 5.69 Å². The second-order valence-corrected chi connectivity index (χ2v) is 9.60. The molecule has 6 nitrogen and oxygen atoms in total. The molecule has 2 aromatic rings. The molecule has 2 unspecified atom stereocenters. The van der Waals surface area contributed by atoms with Crippen LogP contribution in [0.4, 0.5) is 5.69 Å². The number of aliphatic hydroxyl groups is 1. The molecule has 0 radical (unpaired) electrons. The van der Waals surface area contributed by atoms with Crippen LogP contribution in [-0.4, -0.2) is 68.1 Å². The maximum absolute atomic E-state index is 10.1. The summed E-state index contributed by atoms with van der Waals surface area (Å²) in [5.41, 5.74) is 7.30. The van der Waals surface area contributed by atoms with Gasteiger partial charge in [-0.15, -0.1) is 0 Å². The van der Waals surface area contributed by atoms with Gasteiger partial charge in [0, 0.05) is 37.9 Å². The minimum Gasteiger partial charge on any atom is -0.494 e. The Kier molecular flexibility index (Phi) is 11.0. The average Bonchev–Trinajstić information content (AvgIpc) is 2.87. The van der Waals surface area contributed by atoms with Crippen LogP contribution in [0.5, 0.6) is 11.5 Å². The van der Waals surface area contributed by atoms with Crippen molar-refractivity contribution in [3.05, 3.63) is 54.6 Å². The topological polar surface area (TPSA) is 71.2 Å². The molecule has 1 fully saturated rings. The van der Waals surface area contributed by atoms with E-state index in [4.69, 9.17) is 15.2 Å². The maximum Gasteiger partial charge on any atom is 0.119 e. The molecular formula is C28H43N3O3. The van der Waals surface area contributed by atoms with E-state index in [0.717, 1.165) is 45.0 Å². The number of hydrogen-bond acceptors (Lipinski definition) is 6. The van der Waals surface area contributed by atoms with Gasteiger partial charge in [-0.25, -0.2) is 0 Å². The van der Waals surface area contributed by atoms with Gasteiger partial charge in [-0.1, -0.05) is 44.9 Å². The fourth-order valence-electron chi connectivity index (χ4n) is 4.22. The molecule has 1 heterocycles. The summed E-state index contributed by atoms with van der Waals surface area (Å²) >= 11 is 0. The van der Waals surface area contributed by atoms with Crippen molar-refractivity contribution in [2.75, 3.05) is 50.8 Å². The molecule has 0 amide bonds. The Hall–Kier alpha value is -2.28. The number of nitrogens with zero attached hydrogens (tertiary/aromatic N) is 2. The molecule has 0 bridgehead atoms. The summed E-state index contributed by atoms with van der Waals surface area (Å²) in [6.07, 6.45) is 4.09. The Morgan fingerprint density at radius 2 is 1.44 bits per heavy atom. The predicted octanol–water partition coefficient (Wildman–Crippen LogP) is 4.17. The van der Waals surface area contributed by atoms with Crippen LogP contribution in [0.3, 0.4) is 0 Å². The van der Waals surface area contributed by atoms with Gasteiger partial charge in [-0.05, 0) is 61.7 Å². The molecule has 0 saturated carbocycles. The van der Waals surface area contributed by atoms with Gasteiger partial charge >= 0.3 is 0 Å². The highest BCUT2D eigenvalue weighted by Crippen LogP contribution is 2.19. The summed E-state index contributed by atoms with van der Waals surface area (Å²) in [6.45, 7) is 10.7. The fraction of sp³-hybridized carbons (Fsp3) is 0.571. The minimum atomic E-state index is -0.671. The van der Waals surface area contributed by atoms with Gasteiger partial charge in [-0.2, -0.15) is 0 Å². The Morgan fingerprint density at radius 3 is 2.09 bits per heavy atom.